The minimum absolute atomic E-state index is 0.0297. The van der Waals surface area contributed by atoms with Crippen LogP contribution in [0.2, 0.25) is 0 Å². The molecule has 1 aliphatic heterocycles. The van der Waals surface area contributed by atoms with Crippen molar-refractivity contribution in [2.75, 3.05) is 11.9 Å². The average Bonchev–Trinajstić information content (AvgIpc) is 3.03. The maximum atomic E-state index is 12.9. The predicted octanol–water partition coefficient (Wildman–Crippen LogP) is 2.52. The van der Waals surface area contributed by atoms with E-state index in [1.807, 2.05) is 41.0 Å². The molecule has 0 unspecified atom stereocenters. The summed E-state index contributed by atoms with van der Waals surface area (Å²) in [6, 6.07) is 5.87. The van der Waals surface area contributed by atoms with Crippen molar-refractivity contribution in [1.82, 2.24) is 20.0 Å². The van der Waals surface area contributed by atoms with Gasteiger partial charge >= 0.3 is 6.03 Å². The molecule has 0 saturated heterocycles. The Morgan fingerprint density at radius 1 is 1.26 bits per heavy atom. The fourth-order valence-electron chi connectivity index (χ4n) is 4.19. The number of anilines is 1. The summed E-state index contributed by atoms with van der Waals surface area (Å²) < 4.78 is 1.91. The monoisotopic (exact) mass is 367 g/mol. The summed E-state index contributed by atoms with van der Waals surface area (Å²) in [4.78, 5) is 26.1. The summed E-state index contributed by atoms with van der Waals surface area (Å²) in [5, 5.41) is 10.4. The van der Waals surface area contributed by atoms with Crippen LogP contribution in [0.5, 0.6) is 0 Å². The van der Waals surface area contributed by atoms with E-state index in [9.17, 15) is 9.59 Å². The summed E-state index contributed by atoms with van der Waals surface area (Å²) in [5.74, 6) is -0.0758. The van der Waals surface area contributed by atoms with Gasteiger partial charge in [-0.25, -0.2) is 4.79 Å². The van der Waals surface area contributed by atoms with Crippen molar-refractivity contribution >= 4 is 17.6 Å². The van der Waals surface area contributed by atoms with Crippen LogP contribution in [-0.2, 0) is 31.2 Å². The van der Waals surface area contributed by atoms with E-state index in [2.05, 4.69) is 15.7 Å². The number of aryl methyl sites for hydroxylation is 1. The molecule has 4 rings (SSSR count). The second-order valence-corrected chi connectivity index (χ2v) is 7.36. The maximum absolute atomic E-state index is 12.9. The zero-order valence-electron chi connectivity index (χ0n) is 15.8. The molecule has 7 heteroatoms. The van der Waals surface area contributed by atoms with Crippen molar-refractivity contribution in [1.29, 1.82) is 0 Å². The summed E-state index contributed by atoms with van der Waals surface area (Å²) in [6.07, 6.45) is 5.63. The number of hydrogen-bond acceptors (Lipinski definition) is 3. The van der Waals surface area contributed by atoms with Crippen LogP contribution < -0.4 is 10.6 Å². The van der Waals surface area contributed by atoms with Crippen LogP contribution in [0.3, 0.4) is 0 Å². The van der Waals surface area contributed by atoms with E-state index in [0.29, 0.717) is 13.1 Å². The molecule has 0 radical (unpaired) electrons. The number of carbonyl (C=O) groups excluding carboxylic acids is 2. The fourth-order valence-corrected chi connectivity index (χ4v) is 4.19. The molecule has 1 aliphatic carbocycles. The molecule has 1 aromatic carbocycles. The Balaban J connectivity index is 1.47. The van der Waals surface area contributed by atoms with Gasteiger partial charge in [0.05, 0.1) is 12.2 Å². The van der Waals surface area contributed by atoms with Crippen molar-refractivity contribution < 1.29 is 9.59 Å². The van der Waals surface area contributed by atoms with E-state index < -0.39 is 0 Å². The quantitative estimate of drug-likeness (QED) is 0.856. The molecule has 3 amide bonds. The molecule has 1 aromatic heterocycles. The SMILES string of the molecule is CC(=O)Nc1cccc2c1CCN(C(=O)N[C@@H]1CCCc3c1cnn3C)C2. The Labute approximate surface area is 158 Å². The molecule has 0 fully saturated rings. The van der Waals surface area contributed by atoms with Gasteiger partial charge in [-0.3, -0.25) is 9.48 Å². The number of aromatic nitrogens is 2. The number of benzene rings is 1. The van der Waals surface area contributed by atoms with Gasteiger partial charge < -0.3 is 15.5 Å². The van der Waals surface area contributed by atoms with Crippen molar-refractivity contribution in [3.05, 3.63) is 46.8 Å². The number of hydrogen-bond donors (Lipinski definition) is 2. The van der Waals surface area contributed by atoms with Gasteiger partial charge in [-0.15, -0.1) is 0 Å². The number of nitrogens with one attached hydrogen (secondary N) is 2. The summed E-state index contributed by atoms with van der Waals surface area (Å²) in [5.41, 5.74) is 5.43. The van der Waals surface area contributed by atoms with Crippen molar-refractivity contribution in [3.8, 4) is 0 Å². The van der Waals surface area contributed by atoms with Crippen LogP contribution in [0.25, 0.3) is 0 Å². The Morgan fingerprint density at radius 3 is 2.93 bits per heavy atom. The van der Waals surface area contributed by atoms with Gasteiger partial charge in [0.2, 0.25) is 5.91 Å². The molecule has 2 N–H and O–H groups in total. The van der Waals surface area contributed by atoms with E-state index in [1.165, 1.54) is 12.6 Å². The Bertz CT molecular complexity index is 888. The third-order valence-electron chi connectivity index (χ3n) is 5.54. The van der Waals surface area contributed by atoms with Gasteiger partial charge in [-0.1, -0.05) is 12.1 Å². The zero-order valence-corrected chi connectivity index (χ0v) is 15.8. The smallest absolute Gasteiger partial charge is 0.318 e. The summed E-state index contributed by atoms with van der Waals surface area (Å²) in [6.45, 7) is 2.71. The van der Waals surface area contributed by atoms with Crippen LogP contribution in [0.1, 0.15) is 48.2 Å². The Morgan fingerprint density at radius 2 is 2.11 bits per heavy atom. The topological polar surface area (TPSA) is 79.3 Å². The predicted molar refractivity (Wildman–Crippen MR) is 102 cm³/mol. The van der Waals surface area contributed by atoms with Crippen molar-refractivity contribution in [3.63, 3.8) is 0 Å². The normalized spacial score (nSPS) is 18.4. The molecule has 0 spiro atoms. The van der Waals surface area contributed by atoms with E-state index in [4.69, 9.17) is 0 Å². The van der Waals surface area contributed by atoms with E-state index in [1.54, 1.807) is 0 Å². The molecule has 2 aromatic rings. The largest absolute Gasteiger partial charge is 0.331 e. The van der Waals surface area contributed by atoms with E-state index in [-0.39, 0.29) is 18.0 Å². The summed E-state index contributed by atoms with van der Waals surface area (Å²) in [7, 11) is 1.96. The van der Waals surface area contributed by atoms with Gasteiger partial charge in [-0.05, 0) is 42.9 Å². The highest BCUT2D eigenvalue weighted by Crippen LogP contribution is 2.30. The average molecular weight is 367 g/mol. The minimum Gasteiger partial charge on any atom is -0.331 e. The minimum atomic E-state index is -0.0758. The van der Waals surface area contributed by atoms with Gasteiger partial charge in [0.1, 0.15) is 0 Å². The lowest BCUT2D eigenvalue weighted by molar-refractivity contribution is -0.114. The van der Waals surface area contributed by atoms with Crippen LogP contribution in [0.15, 0.2) is 24.4 Å². The first-order valence-electron chi connectivity index (χ1n) is 9.47. The fraction of sp³-hybridized carbons (Fsp3) is 0.450. The molecular formula is C20H25N5O2. The number of nitrogens with zero attached hydrogens (tertiary/aromatic N) is 3. The Hall–Kier alpha value is -2.83. The number of fused-ring (bicyclic) bond motifs is 2. The molecule has 0 bridgehead atoms. The molecule has 142 valence electrons. The van der Waals surface area contributed by atoms with Crippen LogP contribution in [0, 0.1) is 0 Å². The Kier molecular flexibility index (Phi) is 4.59. The molecule has 2 aliphatic rings. The van der Waals surface area contributed by atoms with Gasteiger partial charge in [0, 0.05) is 44.0 Å². The first-order valence-corrected chi connectivity index (χ1v) is 9.47. The maximum Gasteiger partial charge on any atom is 0.318 e. The molecule has 0 saturated carbocycles. The van der Waals surface area contributed by atoms with Crippen LogP contribution in [-0.4, -0.2) is 33.2 Å². The van der Waals surface area contributed by atoms with Crippen LogP contribution in [0.4, 0.5) is 10.5 Å². The number of amides is 3. The highest BCUT2D eigenvalue weighted by Gasteiger charge is 2.28. The third-order valence-corrected chi connectivity index (χ3v) is 5.54. The second-order valence-electron chi connectivity index (χ2n) is 7.36. The molecule has 27 heavy (non-hydrogen) atoms. The lowest BCUT2D eigenvalue weighted by Crippen LogP contribution is -2.44. The van der Waals surface area contributed by atoms with Crippen molar-refractivity contribution in [2.24, 2.45) is 7.05 Å². The second kappa shape index (κ2) is 7.06. The number of carbonyl (C=O) groups is 2. The summed E-state index contributed by atoms with van der Waals surface area (Å²) >= 11 is 0. The standard InChI is InChI=1S/C20H25N5O2/c1-13(26)22-17-6-3-5-14-12-25(10-9-15(14)17)20(27)23-18-7-4-8-19-16(18)11-21-24(19)2/h3,5-6,11,18H,4,7-10,12H2,1-2H3,(H,22,26)(H,23,27)/t18-/m1/s1. The first kappa shape index (κ1) is 17.6. The third kappa shape index (κ3) is 3.41. The van der Waals surface area contributed by atoms with Gasteiger partial charge in [-0.2, -0.15) is 5.10 Å². The lowest BCUT2D eigenvalue weighted by atomic mass is 9.93. The van der Waals surface area contributed by atoms with E-state index >= 15 is 0 Å². The van der Waals surface area contributed by atoms with Crippen molar-refractivity contribution in [2.45, 2.75) is 45.2 Å². The van der Waals surface area contributed by atoms with E-state index in [0.717, 1.165) is 48.1 Å². The molecule has 1 atom stereocenters. The first-order chi connectivity index (χ1) is 13.0. The van der Waals surface area contributed by atoms with Gasteiger partial charge in [0.15, 0.2) is 0 Å². The zero-order chi connectivity index (χ0) is 19.0. The molecular weight excluding hydrogens is 342 g/mol. The highest BCUT2D eigenvalue weighted by atomic mass is 16.2. The molecule has 2 heterocycles. The lowest BCUT2D eigenvalue weighted by Gasteiger charge is -2.32. The number of urea groups is 1. The van der Waals surface area contributed by atoms with Gasteiger partial charge in [0.25, 0.3) is 0 Å². The number of rotatable bonds is 2. The van der Waals surface area contributed by atoms with Crippen LogP contribution >= 0.6 is 0 Å². The highest BCUT2D eigenvalue weighted by molar-refractivity contribution is 5.90. The molecule has 7 nitrogen and oxygen atoms in total.